The predicted molar refractivity (Wildman–Crippen MR) is 137 cm³/mol. The maximum absolute atomic E-state index is 15.6. The minimum absolute atomic E-state index is 0.0744. The number of esters is 1. The summed E-state index contributed by atoms with van der Waals surface area (Å²) in [5.41, 5.74) is -0.852. The molecule has 1 saturated heterocycles. The number of nitrogens with one attached hydrogen (secondary N) is 2. The largest absolute Gasteiger partial charge is 0.459 e. The van der Waals surface area contributed by atoms with E-state index in [4.69, 9.17) is 27.9 Å². The Kier molecular flexibility index (Phi) is 6.48. The number of hydrogen-bond donors (Lipinski definition) is 2. The molecule has 1 unspecified atom stereocenters. The molecule has 0 radical (unpaired) electrons. The van der Waals surface area contributed by atoms with Crippen LogP contribution in [0.5, 0.6) is 0 Å². The van der Waals surface area contributed by atoms with Gasteiger partial charge in [0.1, 0.15) is 22.9 Å². The molecule has 4 rings (SSSR count). The van der Waals surface area contributed by atoms with Gasteiger partial charge in [-0.2, -0.15) is 0 Å². The van der Waals surface area contributed by atoms with Gasteiger partial charge in [-0.15, -0.1) is 0 Å². The fraction of sp³-hybridized carbons (Fsp3) is 0.481. The molecular formula is C27H31Cl2FN2O3. The second-order valence-electron chi connectivity index (χ2n) is 11.6. The zero-order chi connectivity index (χ0) is 25.9. The topological polar surface area (TPSA) is 67.4 Å². The smallest absolute Gasteiger partial charge is 0.324 e. The number of rotatable bonds is 3. The molecular weight excluding hydrogens is 490 g/mol. The van der Waals surface area contributed by atoms with Crippen LogP contribution in [-0.2, 0) is 19.7 Å². The lowest BCUT2D eigenvalue weighted by molar-refractivity contribution is -0.157. The normalized spacial score (nSPS) is 26.1. The van der Waals surface area contributed by atoms with Gasteiger partial charge < -0.3 is 10.1 Å². The first kappa shape index (κ1) is 25.9. The van der Waals surface area contributed by atoms with Crippen LogP contribution in [0.4, 0.5) is 10.1 Å². The number of carbonyl (C=O) groups excluding carboxylic acids is 2. The average Bonchev–Trinajstić information content (AvgIpc) is 3.17. The van der Waals surface area contributed by atoms with E-state index >= 15 is 4.39 Å². The Morgan fingerprint density at radius 2 is 1.80 bits per heavy atom. The Balaban J connectivity index is 2.01. The van der Waals surface area contributed by atoms with Crippen molar-refractivity contribution in [3.05, 3.63) is 63.4 Å². The summed E-state index contributed by atoms with van der Waals surface area (Å²) < 4.78 is 21.4. The van der Waals surface area contributed by atoms with E-state index in [0.717, 1.165) is 0 Å². The Morgan fingerprint density at radius 1 is 1.11 bits per heavy atom. The van der Waals surface area contributed by atoms with Gasteiger partial charge in [0.25, 0.3) is 0 Å². The third-order valence-corrected chi connectivity index (χ3v) is 7.13. The zero-order valence-corrected chi connectivity index (χ0v) is 22.3. The molecule has 1 amide bonds. The average molecular weight is 521 g/mol. The number of anilines is 1. The van der Waals surface area contributed by atoms with E-state index in [1.807, 2.05) is 0 Å². The Labute approximate surface area is 215 Å². The molecule has 2 aromatic carbocycles. The minimum atomic E-state index is -1.29. The standard InChI is InChI=1S/C27H31Cl2FN2O3/c1-25(2,3)13-19-27(16-11-10-14(28)12-18(16)31-24(27)34)20(15-8-7-9-17(29)21(15)30)22(32-19)23(33)35-26(4,5)6/h7-12,19-20,22,32H,13H2,1-6H3,(H,31,34)/t19-,20+,22?,27+/m1/s1. The van der Waals surface area contributed by atoms with E-state index in [1.165, 1.54) is 6.07 Å². The number of benzene rings is 2. The van der Waals surface area contributed by atoms with Crippen molar-refractivity contribution in [1.29, 1.82) is 0 Å². The summed E-state index contributed by atoms with van der Waals surface area (Å²) >= 11 is 12.4. The predicted octanol–water partition coefficient (Wildman–Crippen LogP) is 6.22. The van der Waals surface area contributed by atoms with Crippen molar-refractivity contribution in [2.45, 2.75) is 77.0 Å². The molecule has 35 heavy (non-hydrogen) atoms. The summed E-state index contributed by atoms with van der Waals surface area (Å²) in [5, 5.41) is 6.75. The van der Waals surface area contributed by atoms with E-state index < -0.39 is 40.8 Å². The first-order valence-corrected chi connectivity index (χ1v) is 12.4. The Morgan fingerprint density at radius 3 is 2.43 bits per heavy atom. The number of hydrogen-bond acceptors (Lipinski definition) is 4. The van der Waals surface area contributed by atoms with Gasteiger partial charge in [0.05, 0.1) is 5.02 Å². The lowest BCUT2D eigenvalue weighted by Gasteiger charge is -2.37. The van der Waals surface area contributed by atoms with Gasteiger partial charge in [0.15, 0.2) is 0 Å². The third-order valence-electron chi connectivity index (χ3n) is 6.60. The van der Waals surface area contributed by atoms with Gasteiger partial charge in [-0.3, -0.25) is 14.9 Å². The highest BCUT2D eigenvalue weighted by atomic mass is 35.5. The lowest BCUT2D eigenvalue weighted by Crippen LogP contribution is -2.49. The van der Waals surface area contributed by atoms with Crippen LogP contribution < -0.4 is 10.6 Å². The van der Waals surface area contributed by atoms with Crippen molar-refractivity contribution < 1.29 is 18.7 Å². The minimum Gasteiger partial charge on any atom is -0.459 e. The van der Waals surface area contributed by atoms with Crippen molar-refractivity contribution in [2.75, 3.05) is 5.32 Å². The second-order valence-corrected chi connectivity index (χ2v) is 12.5. The Bertz CT molecular complexity index is 1190. The lowest BCUT2D eigenvalue weighted by atomic mass is 9.62. The molecule has 4 atom stereocenters. The van der Waals surface area contributed by atoms with Crippen LogP contribution in [0.15, 0.2) is 36.4 Å². The quantitative estimate of drug-likeness (QED) is 0.471. The van der Waals surface area contributed by atoms with Crippen molar-refractivity contribution in [2.24, 2.45) is 5.41 Å². The molecule has 1 spiro atoms. The van der Waals surface area contributed by atoms with Crippen LogP contribution in [0.1, 0.15) is 65.0 Å². The Hall–Kier alpha value is -2.15. The summed E-state index contributed by atoms with van der Waals surface area (Å²) in [6.45, 7) is 11.5. The number of halogens is 3. The molecule has 8 heteroatoms. The fourth-order valence-electron chi connectivity index (χ4n) is 5.49. The molecule has 2 aromatic rings. The summed E-state index contributed by atoms with van der Waals surface area (Å²) in [5.74, 6) is -2.42. The summed E-state index contributed by atoms with van der Waals surface area (Å²) in [6.07, 6.45) is 0.542. The maximum Gasteiger partial charge on any atom is 0.324 e. The number of amides is 1. The monoisotopic (exact) mass is 520 g/mol. The zero-order valence-electron chi connectivity index (χ0n) is 20.8. The SMILES string of the molecule is CC(C)(C)C[C@H]1NC(C(=O)OC(C)(C)C)[C@H](c2cccc(Cl)c2F)[C@@]12C(=O)Nc1cc(Cl)ccc12. The molecule has 2 heterocycles. The molecule has 2 N–H and O–H groups in total. The first-order chi connectivity index (χ1) is 16.1. The molecule has 0 bridgehead atoms. The summed E-state index contributed by atoms with van der Waals surface area (Å²) in [4.78, 5) is 27.6. The molecule has 188 valence electrons. The number of carbonyl (C=O) groups is 2. The molecule has 2 aliphatic rings. The van der Waals surface area contributed by atoms with Gasteiger partial charge >= 0.3 is 5.97 Å². The first-order valence-electron chi connectivity index (χ1n) is 11.7. The molecule has 1 fully saturated rings. The second kappa shape index (κ2) is 8.75. The van der Waals surface area contributed by atoms with E-state index in [1.54, 1.807) is 51.1 Å². The van der Waals surface area contributed by atoms with Crippen molar-refractivity contribution in [3.8, 4) is 0 Å². The molecule has 0 saturated carbocycles. The number of ether oxygens (including phenoxy) is 1. The van der Waals surface area contributed by atoms with Crippen LogP contribution in [0.25, 0.3) is 0 Å². The summed E-state index contributed by atoms with van der Waals surface area (Å²) in [7, 11) is 0. The van der Waals surface area contributed by atoms with Gasteiger partial charge in [-0.1, -0.05) is 62.2 Å². The van der Waals surface area contributed by atoms with Crippen LogP contribution in [0.3, 0.4) is 0 Å². The van der Waals surface area contributed by atoms with Crippen LogP contribution in [0, 0.1) is 11.2 Å². The molecule has 0 aromatic heterocycles. The van der Waals surface area contributed by atoms with Crippen molar-refractivity contribution in [1.82, 2.24) is 5.32 Å². The van der Waals surface area contributed by atoms with Gasteiger partial charge in [0, 0.05) is 22.7 Å². The third kappa shape index (κ3) is 4.56. The van der Waals surface area contributed by atoms with Gasteiger partial charge in [-0.05, 0) is 61.9 Å². The number of fused-ring (bicyclic) bond motifs is 2. The van der Waals surface area contributed by atoms with Gasteiger partial charge in [0.2, 0.25) is 5.91 Å². The molecule has 0 aliphatic carbocycles. The maximum atomic E-state index is 15.6. The van der Waals surface area contributed by atoms with Gasteiger partial charge in [-0.25, -0.2) is 4.39 Å². The van der Waals surface area contributed by atoms with Crippen LogP contribution >= 0.6 is 23.2 Å². The highest BCUT2D eigenvalue weighted by Crippen LogP contribution is 2.57. The molecule has 2 aliphatic heterocycles. The van der Waals surface area contributed by atoms with Crippen molar-refractivity contribution >= 4 is 40.8 Å². The van der Waals surface area contributed by atoms with E-state index in [-0.39, 0.29) is 21.9 Å². The highest BCUT2D eigenvalue weighted by Gasteiger charge is 2.66. The van der Waals surface area contributed by atoms with E-state index in [2.05, 4.69) is 31.4 Å². The highest BCUT2D eigenvalue weighted by molar-refractivity contribution is 6.31. The summed E-state index contributed by atoms with van der Waals surface area (Å²) in [6, 6.07) is 8.38. The molecule has 5 nitrogen and oxygen atoms in total. The van der Waals surface area contributed by atoms with Crippen LogP contribution in [-0.4, -0.2) is 29.6 Å². The van der Waals surface area contributed by atoms with Crippen molar-refractivity contribution in [3.63, 3.8) is 0 Å². The van der Waals surface area contributed by atoms with E-state index in [0.29, 0.717) is 22.7 Å². The van der Waals surface area contributed by atoms with E-state index in [9.17, 15) is 9.59 Å². The van der Waals surface area contributed by atoms with Crippen LogP contribution in [0.2, 0.25) is 10.0 Å². The fourth-order valence-corrected chi connectivity index (χ4v) is 5.85.